The number of ketones is 3. The summed E-state index contributed by atoms with van der Waals surface area (Å²) in [5.74, 6) is -16.1. The molecule has 1 saturated heterocycles. The minimum absolute atomic E-state index is 0.287. The highest BCUT2D eigenvalue weighted by molar-refractivity contribution is 7.91. The Morgan fingerprint density at radius 3 is 1.92 bits per heavy atom. The van der Waals surface area contributed by atoms with E-state index >= 15 is 8.78 Å². The minimum Gasteiger partial charge on any atom is -0.497 e. The Balaban J connectivity index is 1.93. The molecule has 50 heavy (non-hydrogen) atoms. The largest absolute Gasteiger partial charge is 0.497 e. The van der Waals surface area contributed by atoms with Crippen LogP contribution in [0.1, 0.15) is 56.7 Å². The van der Waals surface area contributed by atoms with Crippen molar-refractivity contribution in [1.29, 1.82) is 0 Å². The van der Waals surface area contributed by atoms with Crippen molar-refractivity contribution in [2.24, 2.45) is 17.8 Å². The van der Waals surface area contributed by atoms with Gasteiger partial charge in [-0.1, -0.05) is 51.1 Å². The number of hydrogen-bond donors (Lipinski definition) is 0. The van der Waals surface area contributed by atoms with Crippen molar-refractivity contribution in [2.45, 2.75) is 75.4 Å². The van der Waals surface area contributed by atoms with E-state index < -0.39 is 123 Å². The molecule has 0 saturated carbocycles. The molecule has 8 nitrogen and oxygen atoms in total. The third-order valence-electron chi connectivity index (χ3n) is 8.63. The summed E-state index contributed by atoms with van der Waals surface area (Å²) in [5, 5.41) is -1.47. The Labute approximate surface area is 283 Å². The van der Waals surface area contributed by atoms with Crippen LogP contribution in [0, 0.1) is 17.8 Å². The SMILES string of the molecule is COc1ccc(CS(=O)(=O)[C@@H]2C[C@@H](C(=O)C[C@H](C(=O)C(F)(F)F)C(C)C)N(C(=O)[C@H](C)CC(=O)C(F)(F)c3ccccc3C(F)(F)F)C2)cc1. The lowest BCUT2D eigenvalue weighted by Gasteiger charge is -2.29. The molecule has 1 fully saturated rings. The fourth-order valence-corrected chi connectivity index (χ4v) is 7.56. The Bertz CT molecular complexity index is 1690. The van der Waals surface area contributed by atoms with Crippen molar-refractivity contribution in [3.8, 4) is 5.75 Å². The second-order valence-corrected chi connectivity index (χ2v) is 14.8. The molecule has 1 heterocycles. The minimum atomic E-state index is -5.31. The molecule has 2 aromatic carbocycles. The quantitative estimate of drug-likeness (QED) is 0.208. The number of ether oxygens (including phenoxy) is 1. The highest BCUT2D eigenvalue weighted by Crippen LogP contribution is 2.41. The van der Waals surface area contributed by atoms with Crippen LogP contribution in [0.5, 0.6) is 5.75 Å². The molecule has 1 aliphatic rings. The average Bonchev–Trinajstić information content (AvgIpc) is 3.49. The fourth-order valence-electron chi connectivity index (χ4n) is 5.80. The first-order valence-corrected chi connectivity index (χ1v) is 17.0. The van der Waals surface area contributed by atoms with E-state index in [1.54, 1.807) is 0 Å². The number of rotatable bonds is 14. The first kappa shape index (κ1) is 40.5. The van der Waals surface area contributed by atoms with Crippen LogP contribution in [0.4, 0.5) is 35.1 Å². The Kier molecular flexibility index (Phi) is 12.3. The number of amides is 1. The van der Waals surface area contributed by atoms with Gasteiger partial charge in [-0.15, -0.1) is 0 Å². The van der Waals surface area contributed by atoms with Gasteiger partial charge >= 0.3 is 18.3 Å². The van der Waals surface area contributed by atoms with E-state index in [-0.39, 0.29) is 5.56 Å². The molecule has 276 valence electrons. The predicted molar refractivity (Wildman–Crippen MR) is 163 cm³/mol. The molecule has 2 aromatic rings. The highest BCUT2D eigenvalue weighted by Gasteiger charge is 2.51. The van der Waals surface area contributed by atoms with Crippen LogP contribution in [0.25, 0.3) is 0 Å². The lowest BCUT2D eigenvalue weighted by molar-refractivity contribution is -0.177. The third kappa shape index (κ3) is 9.26. The number of nitrogens with zero attached hydrogens (tertiary/aromatic N) is 1. The van der Waals surface area contributed by atoms with Gasteiger partial charge in [0.25, 0.3) is 0 Å². The maximum Gasteiger partial charge on any atom is 0.450 e. The van der Waals surface area contributed by atoms with Gasteiger partial charge in [-0.25, -0.2) is 8.42 Å². The van der Waals surface area contributed by atoms with Crippen molar-refractivity contribution >= 4 is 33.1 Å². The fraction of sp³-hybridized carbons (Fsp3) is 0.515. The second-order valence-electron chi connectivity index (χ2n) is 12.5. The number of benzene rings is 2. The maximum atomic E-state index is 15.2. The van der Waals surface area contributed by atoms with Gasteiger partial charge in [-0.05, 0) is 36.1 Å². The molecule has 0 bridgehead atoms. The molecule has 4 atom stereocenters. The maximum absolute atomic E-state index is 15.2. The lowest BCUT2D eigenvalue weighted by atomic mass is 9.84. The van der Waals surface area contributed by atoms with Crippen LogP contribution in [-0.4, -0.2) is 67.7 Å². The van der Waals surface area contributed by atoms with Gasteiger partial charge < -0.3 is 9.64 Å². The van der Waals surface area contributed by atoms with Crippen molar-refractivity contribution in [1.82, 2.24) is 4.90 Å². The summed E-state index contributed by atoms with van der Waals surface area (Å²) < 4.78 is 143. The number of Topliss-reactive ketones (excluding diaryl/α,β-unsaturated/α-hetero) is 3. The summed E-state index contributed by atoms with van der Waals surface area (Å²) in [5.41, 5.74) is -3.14. The first-order valence-electron chi connectivity index (χ1n) is 15.3. The molecular formula is C33H35F8NO7S. The molecular weight excluding hydrogens is 706 g/mol. The zero-order valence-corrected chi connectivity index (χ0v) is 28.1. The molecule has 0 unspecified atom stereocenters. The Hall–Kier alpha value is -3.89. The predicted octanol–water partition coefficient (Wildman–Crippen LogP) is 6.35. The van der Waals surface area contributed by atoms with Crippen LogP contribution >= 0.6 is 0 Å². The summed E-state index contributed by atoms with van der Waals surface area (Å²) in [4.78, 5) is 52.7. The summed E-state index contributed by atoms with van der Waals surface area (Å²) in [6.07, 6.45) is -13.5. The van der Waals surface area contributed by atoms with Gasteiger partial charge in [0.05, 0.1) is 29.7 Å². The number of sulfone groups is 1. The zero-order valence-electron chi connectivity index (χ0n) is 27.3. The molecule has 0 aliphatic carbocycles. The molecule has 0 aromatic heterocycles. The summed E-state index contributed by atoms with van der Waals surface area (Å²) in [6, 6.07) is 6.59. The van der Waals surface area contributed by atoms with Crippen molar-refractivity contribution in [3.05, 3.63) is 65.2 Å². The normalized spacial score (nSPS) is 18.5. The highest BCUT2D eigenvalue weighted by atomic mass is 32.2. The molecule has 3 rings (SSSR count). The van der Waals surface area contributed by atoms with Gasteiger partial charge in [0, 0.05) is 36.8 Å². The molecule has 0 N–H and O–H groups in total. The van der Waals surface area contributed by atoms with Crippen LogP contribution in [-0.2, 0) is 46.9 Å². The Morgan fingerprint density at radius 1 is 0.860 bits per heavy atom. The topological polar surface area (TPSA) is 115 Å². The monoisotopic (exact) mass is 741 g/mol. The summed E-state index contributed by atoms with van der Waals surface area (Å²) in [6.45, 7) is 2.77. The number of hydrogen-bond acceptors (Lipinski definition) is 7. The molecule has 1 aliphatic heterocycles. The van der Waals surface area contributed by atoms with E-state index in [0.29, 0.717) is 22.8 Å². The summed E-state index contributed by atoms with van der Waals surface area (Å²) >= 11 is 0. The van der Waals surface area contributed by atoms with Gasteiger partial charge in [0.15, 0.2) is 15.6 Å². The van der Waals surface area contributed by atoms with E-state index in [0.717, 1.165) is 19.1 Å². The number of carbonyl (C=O) groups excluding carboxylic acids is 4. The molecule has 0 spiro atoms. The first-order chi connectivity index (χ1) is 22.9. The van der Waals surface area contributed by atoms with E-state index in [4.69, 9.17) is 4.74 Å². The van der Waals surface area contributed by atoms with Gasteiger partial charge in [-0.2, -0.15) is 35.1 Å². The van der Waals surface area contributed by atoms with Crippen LogP contribution in [0.2, 0.25) is 0 Å². The van der Waals surface area contributed by atoms with Crippen molar-refractivity contribution in [2.75, 3.05) is 13.7 Å². The van der Waals surface area contributed by atoms with Crippen LogP contribution < -0.4 is 4.74 Å². The smallest absolute Gasteiger partial charge is 0.450 e. The Morgan fingerprint density at radius 2 is 1.42 bits per heavy atom. The molecule has 1 amide bonds. The van der Waals surface area contributed by atoms with Crippen molar-refractivity contribution < 1.29 is 67.5 Å². The standard InChI is InChI=1S/C33H35F8NO7S/c1-18(2)23(29(45)33(39,40)41)15-27(43)26-14-22(50(47,48)17-20-9-11-21(49-4)12-10-20)16-42(26)30(46)19(3)13-28(44)31(34,35)24-7-5-6-8-25(24)32(36,37)38/h5-12,18-19,22-23,26H,13-17H2,1-4H3/t19-,22-,23+,26+/m1/s1. The number of halogens is 8. The molecule has 17 heteroatoms. The number of likely N-dealkylation sites (tertiary alicyclic amines) is 1. The van der Waals surface area contributed by atoms with Gasteiger partial charge in [0.1, 0.15) is 5.75 Å². The average molecular weight is 742 g/mol. The zero-order chi connectivity index (χ0) is 38.0. The lowest BCUT2D eigenvalue weighted by Crippen LogP contribution is -2.46. The number of alkyl halides is 8. The van der Waals surface area contributed by atoms with E-state index in [9.17, 15) is 53.9 Å². The van der Waals surface area contributed by atoms with Crippen LogP contribution in [0.15, 0.2) is 48.5 Å². The third-order valence-corrected chi connectivity index (χ3v) is 10.7. The number of carbonyl (C=O) groups is 4. The van der Waals surface area contributed by atoms with Crippen molar-refractivity contribution in [3.63, 3.8) is 0 Å². The van der Waals surface area contributed by atoms with Gasteiger partial charge in [-0.3, -0.25) is 19.2 Å². The van der Waals surface area contributed by atoms with Crippen LogP contribution in [0.3, 0.4) is 0 Å². The van der Waals surface area contributed by atoms with E-state index in [1.807, 2.05) is 0 Å². The number of methoxy groups -OCH3 is 1. The van der Waals surface area contributed by atoms with E-state index in [2.05, 4.69) is 0 Å². The summed E-state index contributed by atoms with van der Waals surface area (Å²) in [7, 11) is -2.82. The molecule has 0 radical (unpaired) electrons. The van der Waals surface area contributed by atoms with Gasteiger partial charge in [0.2, 0.25) is 17.5 Å². The van der Waals surface area contributed by atoms with E-state index in [1.165, 1.54) is 45.2 Å². The second kappa shape index (κ2) is 15.2.